The third-order valence-electron chi connectivity index (χ3n) is 5.73. The molecular weight excluding hydrogens is 531 g/mol. The predicted octanol–water partition coefficient (Wildman–Crippen LogP) is 2.82. The lowest BCUT2D eigenvalue weighted by atomic mass is 10.0. The van der Waals surface area contributed by atoms with Gasteiger partial charge in [0.25, 0.3) is 0 Å². The number of nitrogens with zero attached hydrogens (tertiary/aromatic N) is 5. The Balaban J connectivity index is 1.60. The summed E-state index contributed by atoms with van der Waals surface area (Å²) in [4.78, 5) is 34.6. The second-order valence-corrected chi connectivity index (χ2v) is 9.90. The van der Waals surface area contributed by atoms with E-state index in [0.29, 0.717) is 23.5 Å². The maximum atomic E-state index is 14.5. The number of aromatic nitrogens is 4. The Bertz CT molecular complexity index is 1630. The molecule has 1 aliphatic heterocycles. The summed E-state index contributed by atoms with van der Waals surface area (Å²) < 4.78 is 43.7. The van der Waals surface area contributed by atoms with Crippen molar-refractivity contribution in [2.45, 2.75) is 26.1 Å². The van der Waals surface area contributed by atoms with Crippen LogP contribution in [0.25, 0.3) is 0 Å². The highest BCUT2D eigenvalue weighted by Crippen LogP contribution is 2.29. The maximum Gasteiger partial charge on any atom is 0.355 e. The molecule has 1 unspecified atom stereocenters. The summed E-state index contributed by atoms with van der Waals surface area (Å²) >= 11 is 7.78. The first-order valence-corrected chi connectivity index (χ1v) is 12.2. The van der Waals surface area contributed by atoms with Crippen molar-refractivity contribution < 1.29 is 13.2 Å². The van der Waals surface area contributed by atoms with E-state index in [1.165, 1.54) is 11.3 Å². The first kappa shape index (κ1) is 25.0. The summed E-state index contributed by atoms with van der Waals surface area (Å²) in [5.74, 6) is -3.96. The minimum Gasteiger partial charge on any atom is -0.324 e. The van der Waals surface area contributed by atoms with Crippen LogP contribution in [-0.2, 0) is 13.1 Å². The molecule has 0 spiro atoms. The fraction of sp³-hybridized carbons (Fsp3) is 0.217. The fourth-order valence-electron chi connectivity index (χ4n) is 3.98. The van der Waals surface area contributed by atoms with E-state index in [-0.39, 0.29) is 29.1 Å². The number of hydrogen-bond acceptors (Lipinski definition) is 8. The second-order valence-electron chi connectivity index (χ2n) is 8.43. The van der Waals surface area contributed by atoms with Crippen molar-refractivity contribution in [3.8, 4) is 0 Å². The molecule has 0 saturated heterocycles. The number of rotatable bonds is 6. The Morgan fingerprint density at radius 1 is 1.11 bits per heavy atom. The van der Waals surface area contributed by atoms with E-state index in [9.17, 15) is 22.8 Å². The highest BCUT2D eigenvalue weighted by Gasteiger charge is 2.26. The Morgan fingerprint density at radius 2 is 1.86 bits per heavy atom. The van der Waals surface area contributed by atoms with Gasteiger partial charge in [0.05, 0.1) is 40.6 Å². The largest absolute Gasteiger partial charge is 0.355 e. The summed E-state index contributed by atoms with van der Waals surface area (Å²) in [5.41, 5.74) is 2.75. The second kappa shape index (κ2) is 9.65. The number of hydrogen-bond donors (Lipinski definition) is 2. The van der Waals surface area contributed by atoms with E-state index < -0.39 is 35.4 Å². The molecule has 5 rings (SSSR count). The number of anilines is 1. The van der Waals surface area contributed by atoms with Crippen LogP contribution in [0.5, 0.6) is 0 Å². The van der Waals surface area contributed by atoms with Crippen molar-refractivity contribution in [3.05, 3.63) is 107 Å². The molecule has 0 bridgehead atoms. The molecule has 1 aliphatic carbocycles. The molecule has 2 aromatic heterocycles. The monoisotopic (exact) mass is 549 g/mol. The van der Waals surface area contributed by atoms with Gasteiger partial charge in [-0.25, -0.2) is 37.7 Å². The summed E-state index contributed by atoms with van der Waals surface area (Å²) in [6.45, 7) is 1.06. The summed E-state index contributed by atoms with van der Waals surface area (Å²) in [6, 6.07) is 0.885. The molecule has 1 atom stereocenters. The maximum absolute atomic E-state index is 14.5. The lowest BCUT2D eigenvalue weighted by Gasteiger charge is -2.21. The first-order chi connectivity index (χ1) is 17.6. The van der Waals surface area contributed by atoms with Gasteiger partial charge in [-0.05, 0) is 30.7 Å². The average Bonchev–Trinajstić information content (AvgIpc) is 3.40. The van der Waals surface area contributed by atoms with E-state index in [0.717, 1.165) is 19.7 Å². The van der Waals surface area contributed by atoms with Crippen LogP contribution in [0.4, 0.5) is 19.1 Å². The van der Waals surface area contributed by atoms with Crippen molar-refractivity contribution >= 4 is 28.9 Å². The molecule has 3 aromatic rings. The number of nitrogens with one attached hydrogen (secondary N) is 2. The van der Waals surface area contributed by atoms with Crippen LogP contribution in [0.1, 0.15) is 16.3 Å². The van der Waals surface area contributed by atoms with Crippen LogP contribution < -0.4 is 22.1 Å². The molecule has 0 saturated carbocycles. The third-order valence-corrected chi connectivity index (χ3v) is 6.88. The molecular formula is C23H19ClF3N7O2S. The molecule has 1 aromatic carbocycles. The van der Waals surface area contributed by atoms with Gasteiger partial charge in [0, 0.05) is 30.3 Å². The van der Waals surface area contributed by atoms with Gasteiger partial charge >= 0.3 is 11.4 Å². The molecule has 9 nitrogen and oxygen atoms in total. The Kier molecular flexibility index (Phi) is 6.52. The predicted molar refractivity (Wildman–Crippen MR) is 133 cm³/mol. The molecule has 3 heterocycles. The minimum absolute atomic E-state index is 0.163. The molecule has 2 aliphatic rings. The number of fused-ring (bicyclic) bond motifs is 1. The number of halogens is 4. The Hall–Kier alpha value is -3.68. The van der Waals surface area contributed by atoms with Crippen LogP contribution in [0.3, 0.4) is 0 Å². The van der Waals surface area contributed by atoms with Crippen molar-refractivity contribution in [1.29, 1.82) is 0 Å². The Morgan fingerprint density at radius 3 is 2.59 bits per heavy atom. The van der Waals surface area contributed by atoms with Crippen molar-refractivity contribution in [2.24, 2.45) is 0 Å². The van der Waals surface area contributed by atoms with Gasteiger partial charge in [0.2, 0.25) is 5.95 Å². The number of aryl methyl sites for hydroxylation is 1. The van der Waals surface area contributed by atoms with Gasteiger partial charge in [-0.15, -0.1) is 11.3 Å². The molecule has 0 fully saturated rings. The third kappa shape index (κ3) is 4.97. The summed E-state index contributed by atoms with van der Waals surface area (Å²) in [7, 11) is 1.81. The summed E-state index contributed by atoms with van der Waals surface area (Å²) in [6.07, 6.45) is 5.27. The molecule has 2 N–H and O–H groups in total. The van der Waals surface area contributed by atoms with Crippen LogP contribution in [0.2, 0.25) is 0 Å². The van der Waals surface area contributed by atoms with Gasteiger partial charge in [-0.2, -0.15) is 4.98 Å². The van der Waals surface area contributed by atoms with Gasteiger partial charge in [0.1, 0.15) is 5.82 Å². The topological polar surface area (TPSA) is 97.1 Å². The van der Waals surface area contributed by atoms with Crippen LogP contribution in [-0.4, -0.2) is 37.2 Å². The van der Waals surface area contributed by atoms with E-state index in [2.05, 4.69) is 20.7 Å². The minimum atomic E-state index is -1.36. The quantitative estimate of drug-likeness (QED) is 0.456. The highest BCUT2D eigenvalue weighted by atomic mass is 35.5. The Labute approximate surface area is 216 Å². The zero-order chi connectivity index (χ0) is 26.4. The summed E-state index contributed by atoms with van der Waals surface area (Å²) in [5, 5.41) is 7.35. The highest BCUT2D eigenvalue weighted by molar-refractivity contribution is 7.09. The standard InChI is InChI=1S/C23H19ClF3N7O2S/c1-11-28-14(10-37-11)9-34-22(35)30-21(29-20-4-13-7-32(2)31-19(13)5-15(20)24)33(23(34)36)8-12-3-17(26)18(27)6-16(12)25/h3-7,10,19,31H,8-9H2,1-2H3,(H,29,30,35). The van der Waals surface area contributed by atoms with Crippen LogP contribution >= 0.6 is 22.9 Å². The molecule has 0 radical (unpaired) electrons. The van der Waals surface area contributed by atoms with Gasteiger partial charge < -0.3 is 10.3 Å². The zero-order valence-corrected chi connectivity index (χ0v) is 21.0. The zero-order valence-electron chi connectivity index (χ0n) is 19.4. The lowest BCUT2D eigenvalue weighted by molar-refractivity contribution is 0.349. The normalized spacial score (nSPS) is 16.9. The number of thiazole rings is 1. The van der Waals surface area contributed by atoms with Gasteiger partial charge in [-0.1, -0.05) is 11.6 Å². The first-order valence-electron chi connectivity index (χ1n) is 10.9. The van der Waals surface area contributed by atoms with Crippen molar-refractivity contribution in [2.75, 3.05) is 12.4 Å². The lowest BCUT2D eigenvalue weighted by Crippen LogP contribution is -2.43. The van der Waals surface area contributed by atoms with Crippen LogP contribution in [0.15, 0.2) is 61.8 Å². The van der Waals surface area contributed by atoms with E-state index in [1.54, 1.807) is 29.5 Å². The van der Waals surface area contributed by atoms with E-state index in [4.69, 9.17) is 11.6 Å². The number of hydrazine groups is 1. The number of allylic oxidation sites excluding steroid dienone is 1. The van der Waals surface area contributed by atoms with Crippen LogP contribution in [0, 0.1) is 24.4 Å². The molecule has 192 valence electrons. The SMILES string of the molecule is Cc1nc(Cn2c(=O)nc(NC3=CC4=CN(C)NC4C=C3Cl)n(Cc3cc(F)c(F)cc3F)c2=O)cs1. The fourth-order valence-corrected chi connectivity index (χ4v) is 4.82. The average molecular weight is 550 g/mol. The van der Waals surface area contributed by atoms with E-state index in [1.807, 2.05) is 13.2 Å². The van der Waals surface area contributed by atoms with Crippen molar-refractivity contribution in [3.63, 3.8) is 0 Å². The number of benzene rings is 1. The van der Waals surface area contributed by atoms with E-state index >= 15 is 0 Å². The molecule has 0 amide bonds. The molecule has 37 heavy (non-hydrogen) atoms. The van der Waals surface area contributed by atoms with Gasteiger partial charge in [0.15, 0.2) is 11.6 Å². The smallest absolute Gasteiger partial charge is 0.324 e. The van der Waals surface area contributed by atoms with Crippen molar-refractivity contribution in [1.82, 2.24) is 29.5 Å². The molecule has 14 heteroatoms. The van der Waals surface area contributed by atoms with Gasteiger partial charge in [-0.3, -0.25) is 4.57 Å².